The summed E-state index contributed by atoms with van der Waals surface area (Å²) in [4.78, 5) is 53.7. The van der Waals surface area contributed by atoms with E-state index < -0.39 is 17.8 Å². The largest absolute Gasteiger partial charge is 0.385 e. The number of halogens is 1. The first-order valence-electron chi connectivity index (χ1n) is 12.0. The monoisotopic (exact) mass is 512 g/mol. The number of Topliss-reactive ketones (excluding diaryl/α,β-unsaturated/α-hetero) is 1. The number of carbonyl (C=O) groups is 4. The maximum atomic E-state index is 12.8. The number of nitrogens with zero attached hydrogens (tertiary/aromatic N) is 2. The molecule has 10 heteroatoms. The molecule has 190 valence electrons. The van der Waals surface area contributed by atoms with Gasteiger partial charge in [0.2, 0.25) is 5.91 Å². The van der Waals surface area contributed by atoms with E-state index in [9.17, 15) is 24.3 Å². The molecule has 0 spiro atoms. The lowest BCUT2D eigenvalue weighted by Crippen LogP contribution is -2.51. The first-order valence-corrected chi connectivity index (χ1v) is 12.3. The van der Waals surface area contributed by atoms with Crippen molar-refractivity contribution in [1.29, 1.82) is 0 Å². The third-order valence-electron chi connectivity index (χ3n) is 6.62. The number of nitrogens with one attached hydrogen (secondary N) is 2. The quantitative estimate of drug-likeness (QED) is 0.514. The number of carbonyl (C=O) groups excluding carboxylic acids is 4. The average Bonchev–Trinajstić information content (AvgIpc) is 3.04. The molecule has 1 unspecified atom stereocenters. The molecule has 1 fully saturated rings. The van der Waals surface area contributed by atoms with Crippen molar-refractivity contribution < 1.29 is 24.3 Å². The van der Waals surface area contributed by atoms with E-state index in [4.69, 9.17) is 11.6 Å². The number of ketones is 1. The number of hydrogen-bond acceptors (Lipinski definition) is 5. The van der Waals surface area contributed by atoms with Crippen LogP contribution in [0.3, 0.4) is 0 Å². The first-order chi connectivity index (χ1) is 17.2. The zero-order chi connectivity index (χ0) is 25.8. The normalized spacial score (nSPS) is 17.0. The fourth-order valence-corrected chi connectivity index (χ4v) is 4.87. The summed E-state index contributed by atoms with van der Waals surface area (Å²) in [7, 11) is 0. The number of aliphatic hydroxyl groups is 1. The molecule has 9 nitrogen and oxygen atoms in total. The summed E-state index contributed by atoms with van der Waals surface area (Å²) < 4.78 is 0. The lowest BCUT2D eigenvalue weighted by molar-refractivity contribution is -0.131. The maximum absolute atomic E-state index is 12.8. The number of piperidine rings is 1. The zero-order valence-corrected chi connectivity index (χ0v) is 20.8. The number of amides is 4. The van der Waals surface area contributed by atoms with Crippen LogP contribution in [0.25, 0.3) is 0 Å². The van der Waals surface area contributed by atoms with Gasteiger partial charge in [0, 0.05) is 47.5 Å². The van der Waals surface area contributed by atoms with Crippen LogP contribution >= 0.6 is 11.6 Å². The second-order valence-corrected chi connectivity index (χ2v) is 9.53. The Balaban J connectivity index is 1.29. The van der Waals surface area contributed by atoms with Crippen molar-refractivity contribution in [2.24, 2.45) is 0 Å². The lowest BCUT2D eigenvalue weighted by Gasteiger charge is -2.38. The Bertz CT molecular complexity index is 1180. The van der Waals surface area contributed by atoms with E-state index >= 15 is 0 Å². The molecule has 2 aromatic carbocycles. The van der Waals surface area contributed by atoms with Crippen molar-refractivity contribution in [3.63, 3.8) is 0 Å². The fourth-order valence-electron chi connectivity index (χ4n) is 4.64. The van der Waals surface area contributed by atoms with Crippen molar-refractivity contribution in [1.82, 2.24) is 15.1 Å². The molecule has 0 aliphatic carbocycles. The maximum Gasteiger partial charge on any atom is 0.322 e. The van der Waals surface area contributed by atoms with Crippen molar-refractivity contribution in [3.8, 4) is 0 Å². The molecule has 1 saturated heterocycles. The number of para-hydroxylation sites is 1. The molecule has 3 N–H and O–H groups in total. The van der Waals surface area contributed by atoms with E-state index in [-0.39, 0.29) is 40.7 Å². The van der Waals surface area contributed by atoms with Gasteiger partial charge in [0.15, 0.2) is 5.78 Å². The van der Waals surface area contributed by atoms with E-state index in [0.717, 1.165) is 17.7 Å². The molecule has 2 aliphatic rings. The molecule has 1 atom stereocenters. The molecule has 4 rings (SSSR count). The van der Waals surface area contributed by atoms with Gasteiger partial charge < -0.3 is 25.5 Å². The molecule has 2 aromatic rings. The molecule has 0 saturated carbocycles. The topological polar surface area (TPSA) is 119 Å². The Kier molecular flexibility index (Phi) is 7.91. The summed E-state index contributed by atoms with van der Waals surface area (Å²) in [5, 5.41) is 15.3. The third kappa shape index (κ3) is 5.85. The molecule has 4 amide bonds. The van der Waals surface area contributed by atoms with E-state index in [2.05, 4.69) is 10.6 Å². The summed E-state index contributed by atoms with van der Waals surface area (Å²) in [6.45, 7) is 2.73. The van der Waals surface area contributed by atoms with E-state index in [1.807, 2.05) is 29.2 Å². The standard InChI is InChI=1S/C26H29ClN4O5/c1-16(32)24(34)18-12-19(14-20(27)13-18)25(35)28-15-23(33)30-9-7-21(8-10-30)31-11-6-17-4-2-3-5-22(17)29-26(31)36/h2-5,12-14,16,21,32H,6-11,15H2,1H3,(H,28,35)(H,29,36). The number of benzene rings is 2. The average molecular weight is 513 g/mol. The highest BCUT2D eigenvalue weighted by molar-refractivity contribution is 6.31. The summed E-state index contributed by atoms with van der Waals surface area (Å²) in [5.74, 6) is -1.31. The van der Waals surface area contributed by atoms with Gasteiger partial charge in [-0.2, -0.15) is 0 Å². The minimum Gasteiger partial charge on any atom is -0.385 e. The molecule has 36 heavy (non-hydrogen) atoms. The smallest absolute Gasteiger partial charge is 0.322 e. The van der Waals surface area contributed by atoms with Gasteiger partial charge in [0.05, 0.1) is 6.54 Å². The molecular formula is C26H29ClN4O5. The Morgan fingerprint density at radius 2 is 1.81 bits per heavy atom. The van der Waals surface area contributed by atoms with Crippen LogP contribution in [0.15, 0.2) is 42.5 Å². The van der Waals surface area contributed by atoms with Crippen LogP contribution in [0.5, 0.6) is 0 Å². The minimum atomic E-state index is -1.22. The molecular weight excluding hydrogens is 484 g/mol. The number of anilines is 1. The van der Waals surface area contributed by atoms with Gasteiger partial charge in [-0.1, -0.05) is 29.8 Å². The van der Waals surface area contributed by atoms with Crippen molar-refractivity contribution >= 4 is 40.9 Å². The van der Waals surface area contributed by atoms with Gasteiger partial charge in [-0.25, -0.2) is 4.79 Å². The Morgan fingerprint density at radius 1 is 1.11 bits per heavy atom. The highest BCUT2D eigenvalue weighted by atomic mass is 35.5. The summed E-state index contributed by atoms with van der Waals surface area (Å²) in [5.41, 5.74) is 2.21. The molecule has 2 aliphatic heterocycles. The molecule has 0 bridgehead atoms. The summed E-state index contributed by atoms with van der Waals surface area (Å²) in [6, 6.07) is 11.8. The second kappa shape index (κ2) is 11.1. The van der Waals surface area contributed by atoms with Crippen LogP contribution in [0.2, 0.25) is 5.02 Å². The zero-order valence-electron chi connectivity index (χ0n) is 20.0. The van der Waals surface area contributed by atoms with E-state index in [1.165, 1.54) is 25.1 Å². The van der Waals surface area contributed by atoms with Crippen LogP contribution in [0.4, 0.5) is 10.5 Å². The predicted octanol–water partition coefficient (Wildman–Crippen LogP) is 2.71. The third-order valence-corrected chi connectivity index (χ3v) is 6.84. The summed E-state index contributed by atoms with van der Waals surface area (Å²) in [6.07, 6.45) is 0.860. The Hall–Kier alpha value is -3.43. The Morgan fingerprint density at radius 3 is 2.53 bits per heavy atom. The first kappa shape index (κ1) is 25.7. The highest BCUT2D eigenvalue weighted by Crippen LogP contribution is 2.24. The van der Waals surface area contributed by atoms with Crippen molar-refractivity contribution in [2.45, 2.75) is 38.3 Å². The van der Waals surface area contributed by atoms with Gasteiger partial charge in [0.25, 0.3) is 5.91 Å². The summed E-state index contributed by atoms with van der Waals surface area (Å²) >= 11 is 6.03. The van der Waals surface area contributed by atoms with Gasteiger partial charge in [-0.15, -0.1) is 0 Å². The predicted molar refractivity (Wildman–Crippen MR) is 135 cm³/mol. The van der Waals surface area contributed by atoms with E-state index in [0.29, 0.717) is 32.5 Å². The minimum absolute atomic E-state index is 0.0364. The fraction of sp³-hybridized carbons (Fsp3) is 0.385. The Labute approximate surface area is 214 Å². The highest BCUT2D eigenvalue weighted by Gasteiger charge is 2.31. The van der Waals surface area contributed by atoms with Gasteiger partial charge in [0.1, 0.15) is 6.10 Å². The lowest BCUT2D eigenvalue weighted by atomic mass is 10.0. The van der Waals surface area contributed by atoms with Crippen LogP contribution in [0.1, 0.15) is 46.0 Å². The van der Waals surface area contributed by atoms with Crippen LogP contribution in [0, 0.1) is 0 Å². The molecule has 0 aromatic heterocycles. The van der Waals surface area contributed by atoms with E-state index in [1.54, 1.807) is 4.90 Å². The SMILES string of the molecule is CC(O)C(=O)c1cc(Cl)cc(C(=O)NCC(=O)N2CCC(N3CCc4ccccc4NC3=O)CC2)c1. The molecule has 0 radical (unpaired) electrons. The molecule has 2 heterocycles. The van der Waals surface area contributed by atoms with Crippen LogP contribution in [-0.2, 0) is 11.2 Å². The van der Waals surface area contributed by atoms with Crippen LogP contribution in [-0.4, -0.2) is 76.9 Å². The van der Waals surface area contributed by atoms with Crippen molar-refractivity contribution in [3.05, 3.63) is 64.2 Å². The number of hydrogen-bond donors (Lipinski definition) is 3. The second-order valence-electron chi connectivity index (χ2n) is 9.09. The number of aliphatic hydroxyl groups excluding tert-OH is 1. The van der Waals surface area contributed by atoms with Crippen LogP contribution < -0.4 is 10.6 Å². The van der Waals surface area contributed by atoms with Gasteiger partial charge in [-0.3, -0.25) is 14.4 Å². The number of likely N-dealkylation sites (tertiary alicyclic amines) is 1. The number of fused-ring (bicyclic) bond motifs is 1. The van der Waals surface area contributed by atoms with Gasteiger partial charge >= 0.3 is 6.03 Å². The van der Waals surface area contributed by atoms with Crippen molar-refractivity contribution in [2.75, 3.05) is 31.5 Å². The van der Waals surface area contributed by atoms with Gasteiger partial charge in [-0.05, 0) is 56.0 Å². The number of rotatable bonds is 6. The number of urea groups is 1.